The summed E-state index contributed by atoms with van der Waals surface area (Å²) in [6.07, 6.45) is -0.474. The molecule has 0 amide bonds. The van der Waals surface area contributed by atoms with Crippen molar-refractivity contribution in [3.8, 4) is 0 Å². The second-order valence-electron chi connectivity index (χ2n) is 5.07. The van der Waals surface area contributed by atoms with Crippen LogP contribution in [0.2, 0.25) is 0 Å². The number of anilines is 1. The Morgan fingerprint density at radius 1 is 1.35 bits per heavy atom. The molecule has 0 unspecified atom stereocenters. The minimum Gasteiger partial charge on any atom is -0.391 e. The Bertz CT molecular complexity index is 382. The van der Waals surface area contributed by atoms with E-state index in [1.165, 1.54) is 12.1 Å². The van der Waals surface area contributed by atoms with Gasteiger partial charge >= 0.3 is 0 Å². The molecule has 0 fully saturated rings. The molecule has 2 N–H and O–H groups in total. The predicted octanol–water partition coefficient (Wildman–Crippen LogP) is 2.41. The molecule has 0 saturated heterocycles. The first-order chi connectivity index (χ1) is 7.80. The van der Waals surface area contributed by atoms with Crippen molar-refractivity contribution in [2.75, 3.05) is 11.9 Å². The largest absolute Gasteiger partial charge is 0.391 e. The van der Waals surface area contributed by atoms with Gasteiger partial charge in [0.25, 0.3) is 5.69 Å². The molecule has 0 spiro atoms. The van der Waals surface area contributed by atoms with Crippen molar-refractivity contribution in [3.05, 3.63) is 34.4 Å². The normalized spacial score (nSPS) is 13.2. The Morgan fingerprint density at radius 3 is 2.29 bits per heavy atom. The third kappa shape index (κ3) is 4.03. The topological polar surface area (TPSA) is 75.4 Å². The van der Waals surface area contributed by atoms with Crippen LogP contribution in [0.1, 0.15) is 20.8 Å². The van der Waals surface area contributed by atoms with Gasteiger partial charge < -0.3 is 10.4 Å². The van der Waals surface area contributed by atoms with E-state index in [-0.39, 0.29) is 11.1 Å². The molecule has 0 aliphatic heterocycles. The van der Waals surface area contributed by atoms with Gasteiger partial charge in [0.15, 0.2) is 0 Å². The third-order valence-corrected chi connectivity index (χ3v) is 2.58. The lowest BCUT2D eigenvalue weighted by molar-refractivity contribution is -0.384. The van der Waals surface area contributed by atoms with Crippen LogP contribution in [-0.4, -0.2) is 22.7 Å². The lowest BCUT2D eigenvalue weighted by atomic mass is 9.89. The van der Waals surface area contributed by atoms with Crippen molar-refractivity contribution in [2.45, 2.75) is 26.9 Å². The molecule has 0 heterocycles. The number of nitrogens with one attached hydrogen (secondary N) is 1. The molecular formula is C12H18N2O3. The number of nitrogens with zero attached hydrogens (tertiary/aromatic N) is 1. The van der Waals surface area contributed by atoms with E-state index in [1.807, 2.05) is 20.8 Å². The fourth-order valence-electron chi connectivity index (χ4n) is 1.22. The van der Waals surface area contributed by atoms with E-state index >= 15 is 0 Å². The molecule has 17 heavy (non-hydrogen) atoms. The third-order valence-electron chi connectivity index (χ3n) is 2.58. The van der Waals surface area contributed by atoms with Gasteiger partial charge in [0.2, 0.25) is 0 Å². The number of non-ortho nitro benzene ring substituents is 1. The van der Waals surface area contributed by atoms with Gasteiger partial charge in [-0.2, -0.15) is 0 Å². The van der Waals surface area contributed by atoms with Crippen molar-refractivity contribution < 1.29 is 10.0 Å². The highest BCUT2D eigenvalue weighted by atomic mass is 16.6. The van der Waals surface area contributed by atoms with E-state index < -0.39 is 11.0 Å². The van der Waals surface area contributed by atoms with Crippen LogP contribution in [0.3, 0.4) is 0 Å². The summed E-state index contributed by atoms with van der Waals surface area (Å²) in [6, 6.07) is 6.14. The summed E-state index contributed by atoms with van der Waals surface area (Å²) in [5.74, 6) is 0. The molecule has 0 bridgehead atoms. The first kappa shape index (κ1) is 13.4. The number of hydrogen-bond acceptors (Lipinski definition) is 4. The number of rotatable bonds is 4. The maximum absolute atomic E-state index is 10.5. The number of aliphatic hydroxyl groups is 1. The zero-order chi connectivity index (χ0) is 13.1. The van der Waals surface area contributed by atoms with Gasteiger partial charge in [-0.3, -0.25) is 10.1 Å². The summed E-state index contributed by atoms with van der Waals surface area (Å²) in [5, 5.41) is 23.3. The first-order valence-corrected chi connectivity index (χ1v) is 5.47. The molecule has 0 aliphatic carbocycles. The van der Waals surface area contributed by atoms with Crippen molar-refractivity contribution >= 4 is 11.4 Å². The van der Waals surface area contributed by atoms with Crippen LogP contribution in [0.15, 0.2) is 24.3 Å². The van der Waals surface area contributed by atoms with Gasteiger partial charge in [-0.15, -0.1) is 0 Å². The predicted molar refractivity (Wildman–Crippen MR) is 67.0 cm³/mol. The highest BCUT2D eigenvalue weighted by molar-refractivity contribution is 5.48. The standard InChI is InChI=1S/C12H18N2O3/c1-12(2,3)11(15)8-13-9-4-6-10(7-5-9)14(16)17/h4-7,11,13,15H,8H2,1-3H3/t11-/m0/s1. The maximum Gasteiger partial charge on any atom is 0.269 e. The van der Waals surface area contributed by atoms with Crippen LogP contribution < -0.4 is 5.32 Å². The van der Waals surface area contributed by atoms with E-state index in [0.29, 0.717) is 6.54 Å². The Kier molecular flexibility index (Phi) is 4.07. The van der Waals surface area contributed by atoms with Crippen molar-refractivity contribution in [2.24, 2.45) is 5.41 Å². The second kappa shape index (κ2) is 5.14. The molecule has 0 aromatic heterocycles. The zero-order valence-electron chi connectivity index (χ0n) is 10.3. The van der Waals surface area contributed by atoms with E-state index in [4.69, 9.17) is 0 Å². The molecule has 1 atom stereocenters. The van der Waals surface area contributed by atoms with Gasteiger partial charge in [-0.25, -0.2) is 0 Å². The fourth-order valence-corrected chi connectivity index (χ4v) is 1.22. The van der Waals surface area contributed by atoms with Gasteiger partial charge in [0.1, 0.15) is 0 Å². The molecule has 1 aromatic carbocycles. The summed E-state index contributed by atoms with van der Waals surface area (Å²) in [7, 11) is 0. The summed E-state index contributed by atoms with van der Waals surface area (Å²) < 4.78 is 0. The molecule has 0 radical (unpaired) electrons. The van der Waals surface area contributed by atoms with Crippen LogP contribution in [-0.2, 0) is 0 Å². The second-order valence-corrected chi connectivity index (χ2v) is 5.07. The summed E-state index contributed by atoms with van der Waals surface area (Å²) >= 11 is 0. The van der Waals surface area contributed by atoms with Crippen LogP contribution in [0, 0.1) is 15.5 Å². The molecule has 1 rings (SSSR count). The average Bonchev–Trinajstić information content (AvgIpc) is 2.25. The summed E-state index contributed by atoms with van der Waals surface area (Å²) in [6.45, 7) is 6.28. The van der Waals surface area contributed by atoms with E-state index in [1.54, 1.807) is 12.1 Å². The monoisotopic (exact) mass is 238 g/mol. The lowest BCUT2D eigenvalue weighted by Crippen LogP contribution is -2.32. The van der Waals surface area contributed by atoms with E-state index in [2.05, 4.69) is 5.32 Å². The maximum atomic E-state index is 10.5. The fraction of sp³-hybridized carbons (Fsp3) is 0.500. The van der Waals surface area contributed by atoms with Crippen molar-refractivity contribution in [3.63, 3.8) is 0 Å². The smallest absolute Gasteiger partial charge is 0.269 e. The Balaban J connectivity index is 2.56. The average molecular weight is 238 g/mol. The Labute approximate surface area is 101 Å². The summed E-state index contributed by atoms with van der Waals surface area (Å²) in [5.41, 5.74) is 0.638. The number of benzene rings is 1. The molecule has 5 heteroatoms. The zero-order valence-corrected chi connectivity index (χ0v) is 10.3. The highest BCUT2D eigenvalue weighted by Gasteiger charge is 2.21. The summed E-state index contributed by atoms with van der Waals surface area (Å²) in [4.78, 5) is 10.0. The minimum atomic E-state index is -0.474. The van der Waals surface area contributed by atoms with Crippen LogP contribution in [0.25, 0.3) is 0 Å². The van der Waals surface area contributed by atoms with Crippen LogP contribution >= 0.6 is 0 Å². The van der Waals surface area contributed by atoms with Gasteiger partial charge in [0, 0.05) is 24.4 Å². The molecule has 5 nitrogen and oxygen atoms in total. The minimum absolute atomic E-state index is 0.0620. The lowest BCUT2D eigenvalue weighted by Gasteiger charge is -2.26. The van der Waals surface area contributed by atoms with Crippen LogP contribution in [0.4, 0.5) is 11.4 Å². The number of nitro groups is 1. The van der Waals surface area contributed by atoms with E-state index in [9.17, 15) is 15.2 Å². The van der Waals surface area contributed by atoms with E-state index in [0.717, 1.165) is 5.69 Å². The first-order valence-electron chi connectivity index (χ1n) is 5.47. The quantitative estimate of drug-likeness (QED) is 0.624. The Morgan fingerprint density at radius 2 is 1.88 bits per heavy atom. The number of aliphatic hydroxyl groups excluding tert-OH is 1. The molecule has 0 aliphatic rings. The number of nitro benzene ring substituents is 1. The van der Waals surface area contributed by atoms with Gasteiger partial charge in [0.05, 0.1) is 11.0 Å². The van der Waals surface area contributed by atoms with Gasteiger partial charge in [-0.1, -0.05) is 20.8 Å². The molecule has 0 saturated carbocycles. The van der Waals surface area contributed by atoms with Crippen molar-refractivity contribution in [1.29, 1.82) is 0 Å². The molecule has 94 valence electrons. The number of hydrogen-bond donors (Lipinski definition) is 2. The molecule has 1 aromatic rings. The SMILES string of the molecule is CC(C)(C)[C@@H](O)CNc1ccc([N+](=O)[O-])cc1. The van der Waals surface area contributed by atoms with Crippen LogP contribution in [0.5, 0.6) is 0 Å². The highest BCUT2D eigenvalue weighted by Crippen LogP contribution is 2.20. The van der Waals surface area contributed by atoms with Crippen molar-refractivity contribution in [1.82, 2.24) is 0 Å². The Hall–Kier alpha value is -1.62. The molecular weight excluding hydrogens is 220 g/mol. The van der Waals surface area contributed by atoms with Gasteiger partial charge in [-0.05, 0) is 17.5 Å².